The van der Waals surface area contributed by atoms with Gasteiger partial charge in [0.1, 0.15) is 0 Å². The third kappa shape index (κ3) is 7.60. The van der Waals surface area contributed by atoms with Gasteiger partial charge in [-0.1, -0.05) is 46.0 Å². The van der Waals surface area contributed by atoms with Gasteiger partial charge in [-0.05, 0) is 12.3 Å². The Morgan fingerprint density at radius 1 is 1.17 bits per heavy atom. The van der Waals surface area contributed by atoms with Crippen molar-refractivity contribution in [3.8, 4) is 6.07 Å². The van der Waals surface area contributed by atoms with E-state index in [1.165, 1.54) is 32.1 Å². The topological polar surface area (TPSA) is 23.8 Å². The van der Waals surface area contributed by atoms with Gasteiger partial charge < -0.3 is 0 Å². The minimum absolute atomic E-state index is 0.731. The predicted octanol–water partition coefficient (Wildman–Crippen LogP) is 3.90. The Morgan fingerprint density at radius 2 is 1.92 bits per heavy atom. The number of rotatable bonds is 7. The van der Waals surface area contributed by atoms with Crippen molar-refractivity contribution in [2.75, 3.05) is 0 Å². The van der Waals surface area contributed by atoms with Crippen LogP contribution in [0.25, 0.3) is 0 Å². The molecule has 0 radical (unpaired) electrons. The van der Waals surface area contributed by atoms with Crippen molar-refractivity contribution in [3.63, 3.8) is 0 Å². The zero-order valence-electron chi connectivity index (χ0n) is 8.47. The van der Waals surface area contributed by atoms with Gasteiger partial charge in [0.25, 0.3) is 0 Å². The van der Waals surface area contributed by atoms with Gasteiger partial charge in [-0.15, -0.1) is 0 Å². The highest BCUT2D eigenvalue weighted by Gasteiger charge is 2.00. The molecule has 0 aliphatic carbocycles. The SMILES string of the molecule is CCCCCCC(C)CCC#N. The third-order valence-electron chi connectivity index (χ3n) is 2.30. The van der Waals surface area contributed by atoms with Crippen molar-refractivity contribution < 1.29 is 0 Å². The molecule has 0 aliphatic heterocycles. The Labute approximate surface area is 76.8 Å². The molecule has 0 aromatic carbocycles. The second-order valence-electron chi connectivity index (χ2n) is 3.65. The van der Waals surface area contributed by atoms with E-state index in [4.69, 9.17) is 5.26 Å². The molecular weight excluding hydrogens is 146 g/mol. The first-order valence-electron chi connectivity index (χ1n) is 5.18. The fraction of sp³-hybridized carbons (Fsp3) is 0.909. The summed E-state index contributed by atoms with van der Waals surface area (Å²) in [6, 6.07) is 2.20. The zero-order valence-corrected chi connectivity index (χ0v) is 8.47. The van der Waals surface area contributed by atoms with Crippen LogP contribution in [0, 0.1) is 17.2 Å². The molecule has 1 unspecified atom stereocenters. The number of hydrogen-bond acceptors (Lipinski definition) is 1. The molecule has 0 aliphatic rings. The number of hydrogen-bond donors (Lipinski definition) is 0. The number of nitriles is 1. The summed E-state index contributed by atoms with van der Waals surface area (Å²) >= 11 is 0. The molecular formula is C11H21N. The molecule has 1 nitrogen and oxygen atoms in total. The monoisotopic (exact) mass is 167 g/mol. The quantitative estimate of drug-likeness (QED) is 0.527. The Hall–Kier alpha value is -0.510. The summed E-state index contributed by atoms with van der Waals surface area (Å²) in [7, 11) is 0. The molecule has 0 spiro atoms. The van der Waals surface area contributed by atoms with E-state index in [-0.39, 0.29) is 0 Å². The largest absolute Gasteiger partial charge is 0.198 e. The first kappa shape index (κ1) is 11.5. The molecule has 0 aromatic rings. The molecule has 12 heavy (non-hydrogen) atoms. The lowest BCUT2D eigenvalue weighted by atomic mass is 9.98. The molecule has 0 aromatic heterocycles. The van der Waals surface area contributed by atoms with E-state index in [2.05, 4.69) is 19.9 Å². The molecule has 1 heteroatoms. The zero-order chi connectivity index (χ0) is 9.23. The second-order valence-corrected chi connectivity index (χ2v) is 3.65. The minimum Gasteiger partial charge on any atom is -0.198 e. The molecule has 0 bridgehead atoms. The second kappa shape index (κ2) is 8.59. The number of unbranched alkanes of at least 4 members (excludes halogenated alkanes) is 3. The van der Waals surface area contributed by atoms with Gasteiger partial charge in [0.2, 0.25) is 0 Å². The molecule has 0 heterocycles. The van der Waals surface area contributed by atoms with Crippen LogP contribution in [0.5, 0.6) is 0 Å². The summed E-state index contributed by atoms with van der Waals surface area (Å²) in [5, 5.41) is 8.37. The van der Waals surface area contributed by atoms with Crippen molar-refractivity contribution in [2.24, 2.45) is 5.92 Å². The summed E-state index contributed by atoms with van der Waals surface area (Å²) < 4.78 is 0. The molecule has 1 atom stereocenters. The molecule has 70 valence electrons. The Kier molecular flexibility index (Phi) is 8.22. The summed E-state index contributed by atoms with van der Waals surface area (Å²) in [6.45, 7) is 4.49. The van der Waals surface area contributed by atoms with Crippen LogP contribution in [0.4, 0.5) is 0 Å². The Balaban J connectivity index is 3.09. The van der Waals surface area contributed by atoms with Gasteiger partial charge in [0, 0.05) is 6.42 Å². The smallest absolute Gasteiger partial charge is 0.0621 e. The normalized spacial score (nSPS) is 12.4. The molecule has 0 saturated heterocycles. The Bertz CT molecular complexity index is 123. The first-order chi connectivity index (χ1) is 5.81. The van der Waals surface area contributed by atoms with Crippen molar-refractivity contribution in [2.45, 2.75) is 58.8 Å². The minimum atomic E-state index is 0.731. The van der Waals surface area contributed by atoms with Gasteiger partial charge in [-0.3, -0.25) is 0 Å². The number of nitrogens with zero attached hydrogens (tertiary/aromatic N) is 1. The average molecular weight is 167 g/mol. The molecule has 0 fully saturated rings. The predicted molar refractivity (Wildman–Crippen MR) is 52.8 cm³/mol. The van der Waals surface area contributed by atoms with Crippen LogP contribution in [0.3, 0.4) is 0 Å². The highest BCUT2D eigenvalue weighted by Crippen LogP contribution is 2.14. The van der Waals surface area contributed by atoms with Crippen LogP contribution in [0.1, 0.15) is 58.8 Å². The van der Waals surface area contributed by atoms with Gasteiger partial charge in [-0.25, -0.2) is 0 Å². The summed E-state index contributed by atoms with van der Waals surface area (Å²) in [4.78, 5) is 0. The highest BCUT2D eigenvalue weighted by molar-refractivity contribution is 4.70. The maximum atomic E-state index is 8.37. The first-order valence-corrected chi connectivity index (χ1v) is 5.18. The van der Waals surface area contributed by atoms with Gasteiger partial charge in [0.05, 0.1) is 6.07 Å². The average Bonchev–Trinajstić information content (AvgIpc) is 2.09. The lowest BCUT2D eigenvalue weighted by Gasteiger charge is -2.07. The fourth-order valence-corrected chi connectivity index (χ4v) is 1.37. The van der Waals surface area contributed by atoms with Crippen LogP contribution in [0.15, 0.2) is 0 Å². The van der Waals surface area contributed by atoms with E-state index < -0.39 is 0 Å². The molecule has 0 saturated carbocycles. The Morgan fingerprint density at radius 3 is 2.50 bits per heavy atom. The lowest BCUT2D eigenvalue weighted by molar-refractivity contribution is 0.465. The fourth-order valence-electron chi connectivity index (χ4n) is 1.37. The van der Waals surface area contributed by atoms with E-state index in [0.717, 1.165) is 18.8 Å². The van der Waals surface area contributed by atoms with Crippen molar-refractivity contribution in [1.29, 1.82) is 5.26 Å². The van der Waals surface area contributed by atoms with Crippen LogP contribution in [-0.2, 0) is 0 Å². The standard InChI is InChI=1S/C11H21N/c1-3-4-5-6-8-11(2)9-7-10-12/h11H,3-9H2,1-2H3. The van der Waals surface area contributed by atoms with Crippen LogP contribution < -0.4 is 0 Å². The van der Waals surface area contributed by atoms with E-state index in [0.29, 0.717) is 0 Å². The summed E-state index contributed by atoms with van der Waals surface area (Å²) in [5.74, 6) is 0.751. The van der Waals surface area contributed by atoms with Crippen molar-refractivity contribution in [3.05, 3.63) is 0 Å². The van der Waals surface area contributed by atoms with Crippen LogP contribution in [-0.4, -0.2) is 0 Å². The van der Waals surface area contributed by atoms with E-state index in [1.807, 2.05) is 0 Å². The van der Waals surface area contributed by atoms with Crippen LogP contribution in [0.2, 0.25) is 0 Å². The maximum absolute atomic E-state index is 8.37. The van der Waals surface area contributed by atoms with E-state index in [9.17, 15) is 0 Å². The van der Waals surface area contributed by atoms with Crippen molar-refractivity contribution in [1.82, 2.24) is 0 Å². The van der Waals surface area contributed by atoms with Gasteiger partial charge in [0.15, 0.2) is 0 Å². The summed E-state index contributed by atoms with van der Waals surface area (Å²) in [5.41, 5.74) is 0. The van der Waals surface area contributed by atoms with Gasteiger partial charge in [-0.2, -0.15) is 5.26 Å². The van der Waals surface area contributed by atoms with Gasteiger partial charge >= 0.3 is 0 Å². The lowest BCUT2D eigenvalue weighted by Crippen LogP contribution is -1.93. The molecule has 0 N–H and O–H groups in total. The highest BCUT2D eigenvalue weighted by atomic mass is 14.2. The molecule has 0 rings (SSSR count). The maximum Gasteiger partial charge on any atom is 0.0621 e. The summed E-state index contributed by atoms with van der Waals surface area (Å²) in [6.07, 6.45) is 8.52. The van der Waals surface area contributed by atoms with Crippen LogP contribution >= 0.6 is 0 Å². The van der Waals surface area contributed by atoms with E-state index >= 15 is 0 Å². The van der Waals surface area contributed by atoms with Crippen molar-refractivity contribution >= 4 is 0 Å². The van der Waals surface area contributed by atoms with E-state index in [1.54, 1.807) is 0 Å². The third-order valence-corrected chi connectivity index (χ3v) is 2.30. The molecule has 0 amide bonds.